The van der Waals surface area contributed by atoms with Gasteiger partial charge < -0.3 is 41.9 Å². The number of halogens is 2. The van der Waals surface area contributed by atoms with Gasteiger partial charge in [-0.2, -0.15) is 0 Å². The average Bonchev–Trinajstić information content (AvgIpc) is 2.87. The van der Waals surface area contributed by atoms with E-state index in [4.69, 9.17) is 31.3 Å². The second-order valence-electron chi connectivity index (χ2n) is 8.74. The summed E-state index contributed by atoms with van der Waals surface area (Å²) in [6, 6.07) is 7.96. The molecule has 1 unspecified atom stereocenters. The summed E-state index contributed by atoms with van der Waals surface area (Å²) in [5, 5.41) is 47.3. The van der Waals surface area contributed by atoms with Gasteiger partial charge in [0.2, 0.25) is 5.91 Å². The third-order valence-corrected chi connectivity index (χ3v) is 5.46. The van der Waals surface area contributed by atoms with Crippen molar-refractivity contribution in [2.24, 2.45) is 11.7 Å². The van der Waals surface area contributed by atoms with E-state index in [1.807, 2.05) is 0 Å². The Labute approximate surface area is 236 Å². The van der Waals surface area contributed by atoms with Crippen LogP contribution in [0.15, 0.2) is 54.6 Å². The summed E-state index contributed by atoms with van der Waals surface area (Å²) in [4.78, 5) is 63.1. The van der Waals surface area contributed by atoms with Gasteiger partial charge in [-0.15, -0.1) is 0 Å². The zero-order valence-electron chi connectivity index (χ0n) is 21.8. The molecule has 1 amide bonds. The third kappa shape index (κ3) is 11.0. The fourth-order valence-corrected chi connectivity index (χ4v) is 3.17. The molecule has 1 atom stereocenters. The van der Waals surface area contributed by atoms with Crippen LogP contribution >= 0.6 is 0 Å². The number of anilines is 2. The number of hydrogen-bond donors (Lipinski definition) is 8. The van der Waals surface area contributed by atoms with Crippen molar-refractivity contribution in [3.8, 4) is 0 Å². The molecule has 1 saturated carbocycles. The third-order valence-electron chi connectivity index (χ3n) is 5.46. The van der Waals surface area contributed by atoms with Crippen molar-refractivity contribution in [3.05, 3.63) is 71.8 Å². The van der Waals surface area contributed by atoms with Gasteiger partial charge in [0.05, 0.1) is 17.2 Å². The number of carbonyl (C=O) groups excluding carboxylic acids is 1. The maximum atomic E-state index is 13.0. The molecule has 0 aliphatic heterocycles. The van der Waals surface area contributed by atoms with Gasteiger partial charge in [-0.25, -0.2) is 18.4 Å². The van der Waals surface area contributed by atoms with E-state index < -0.39 is 64.9 Å². The highest BCUT2D eigenvalue weighted by Gasteiger charge is 2.50. The van der Waals surface area contributed by atoms with E-state index >= 15 is 0 Å². The molecule has 0 radical (unpaired) electrons. The number of amides is 1. The molecular formula is C26H27F2N3O11. The highest BCUT2D eigenvalue weighted by Crippen LogP contribution is 2.35. The molecule has 0 heterocycles. The molecule has 0 saturated heterocycles. The molecule has 2 aromatic rings. The van der Waals surface area contributed by atoms with Gasteiger partial charge in [0.15, 0.2) is 0 Å². The minimum Gasteiger partial charge on any atom is -0.481 e. The van der Waals surface area contributed by atoms with Crippen molar-refractivity contribution in [1.29, 1.82) is 0 Å². The molecule has 3 rings (SSSR count). The molecule has 0 spiro atoms. The van der Waals surface area contributed by atoms with Gasteiger partial charge in [0, 0.05) is 23.9 Å². The standard InChI is InChI=1S/C10H7F2NO3.C10H11NO4.C6H9NO4/c11-6-1-2-8(7(12)5-6)13-9(14)3-4-10(15)16;1-6(9(12)13)11-8-5-3-2-4-7(8)10(14)15;7-6(5(10)11)1-3(2-6)4(8)9/h1-5H,(H,13,14)(H,15,16);2-6,11H,1H3,(H,12,13)(H,14,15);3H,1-2,7H2,(H,8,9)(H,10,11)/b4-3-;;/t;;3-,6-. The summed E-state index contributed by atoms with van der Waals surface area (Å²) >= 11 is 0. The van der Waals surface area contributed by atoms with Crippen LogP contribution in [0.2, 0.25) is 0 Å². The molecule has 14 nitrogen and oxygen atoms in total. The van der Waals surface area contributed by atoms with Crippen molar-refractivity contribution >= 4 is 47.1 Å². The van der Waals surface area contributed by atoms with Crippen LogP contribution in [0.1, 0.15) is 30.1 Å². The molecule has 226 valence electrons. The predicted molar refractivity (Wildman–Crippen MR) is 141 cm³/mol. The zero-order chi connectivity index (χ0) is 32.2. The van der Waals surface area contributed by atoms with E-state index in [9.17, 15) is 37.5 Å². The zero-order valence-corrected chi connectivity index (χ0v) is 21.8. The number of nitrogens with two attached hydrogens (primary N) is 1. The van der Waals surface area contributed by atoms with E-state index in [0.717, 1.165) is 18.2 Å². The van der Waals surface area contributed by atoms with Crippen molar-refractivity contribution in [3.63, 3.8) is 0 Å². The largest absolute Gasteiger partial charge is 0.481 e. The van der Waals surface area contributed by atoms with Crippen molar-refractivity contribution in [1.82, 2.24) is 0 Å². The van der Waals surface area contributed by atoms with Gasteiger partial charge in [-0.3, -0.25) is 19.2 Å². The summed E-state index contributed by atoms with van der Waals surface area (Å²) in [7, 11) is 0. The Morgan fingerprint density at radius 2 is 1.52 bits per heavy atom. The van der Waals surface area contributed by atoms with Crippen LogP contribution < -0.4 is 16.4 Å². The van der Waals surface area contributed by atoms with Gasteiger partial charge in [0.25, 0.3) is 0 Å². The van der Waals surface area contributed by atoms with Crippen LogP contribution in [0.3, 0.4) is 0 Å². The van der Waals surface area contributed by atoms with Crippen LogP contribution in [0, 0.1) is 17.6 Å². The second kappa shape index (κ2) is 15.4. The SMILES string of the molecule is CC(Nc1ccccc1C(=O)O)C(=O)O.N[C@]1(C(=O)O)C[C@@H](C(=O)O)C1.O=C(O)/C=C\C(=O)Nc1ccc(F)cc1F. The van der Waals surface area contributed by atoms with E-state index in [2.05, 4.69) is 10.6 Å². The Morgan fingerprint density at radius 1 is 0.929 bits per heavy atom. The number of nitrogens with one attached hydrogen (secondary N) is 2. The maximum absolute atomic E-state index is 13.0. The van der Waals surface area contributed by atoms with E-state index in [0.29, 0.717) is 17.8 Å². The minimum atomic E-state index is -1.30. The predicted octanol–water partition coefficient (Wildman–Crippen LogP) is 2.08. The van der Waals surface area contributed by atoms with E-state index in [1.54, 1.807) is 12.1 Å². The lowest BCUT2D eigenvalue weighted by molar-refractivity contribution is -0.156. The molecule has 1 aliphatic rings. The van der Waals surface area contributed by atoms with Crippen LogP contribution in [-0.4, -0.2) is 72.9 Å². The number of carbonyl (C=O) groups is 6. The van der Waals surface area contributed by atoms with Gasteiger partial charge >= 0.3 is 29.8 Å². The number of aromatic carboxylic acids is 1. The molecule has 0 aromatic heterocycles. The first-order valence-electron chi connectivity index (χ1n) is 11.7. The lowest BCUT2D eigenvalue weighted by Gasteiger charge is -2.38. The van der Waals surface area contributed by atoms with E-state index in [1.165, 1.54) is 19.1 Å². The van der Waals surface area contributed by atoms with E-state index in [-0.39, 0.29) is 24.1 Å². The first-order chi connectivity index (χ1) is 19.5. The quantitative estimate of drug-likeness (QED) is 0.193. The first kappa shape index (κ1) is 34.6. The summed E-state index contributed by atoms with van der Waals surface area (Å²) in [5.74, 6) is -8.58. The molecule has 1 fully saturated rings. The minimum absolute atomic E-state index is 0.0394. The van der Waals surface area contributed by atoms with Crippen molar-refractivity contribution in [2.75, 3.05) is 10.6 Å². The number of para-hydroxylation sites is 1. The summed E-state index contributed by atoms with van der Waals surface area (Å²) in [5.41, 5.74) is 4.17. The highest BCUT2D eigenvalue weighted by atomic mass is 19.1. The Morgan fingerprint density at radius 3 is 2.00 bits per heavy atom. The Bertz CT molecular complexity index is 1380. The van der Waals surface area contributed by atoms with Crippen LogP contribution in [-0.2, 0) is 24.0 Å². The molecule has 0 bridgehead atoms. The number of aliphatic carboxylic acids is 4. The van der Waals surface area contributed by atoms with Crippen LogP contribution in [0.25, 0.3) is 0 Å². The summed E-state index contributed by atoms with van der Waals surface area (Å²) in [6.07, 6.45) is 1.41. The van der Waals surface area contributed by atoms with Crippen LogP contribution in [0.5, 0.6) is 0 Å². The number of hydrogen-bond acceptors (Lipinski definition) is 8. The second-order valence-corrected chi connectivity index (χ2v) is 8.74. The topological polar surface area (TPSA) is 254 Å². The molecule has 9 N–H and O–H groups in total. The smallest absolute Gasteiger partial charge is 0.337 e. The first-order valence-corrected chi connectivity index (χ1v) is 11.7. The monoisotopic (exact) mass is 595 g/mol. The number of rotatable bonds is 9. The molecule has 42 heavy (non-hydrogen) atoms. The Kier molecular flexibility index (Phi) is 12.7. The van der Waals surface area contributed by atoms with Crippen LogP contribution in [0.4, 0.5) is 20.2 Å². The molecule has 1 aliphatic carbocycles. The molecule has 2 aromatic carbocycles. The lowest BCUT2D eigenvalue weighted by Crippen LogP contribution is -2.59. The highest BCUT2D eigenvalue weighted by molar-refractivity contribution is 6.02. The maximum Gasteiger partial charge on any atom is 0.337 e. The summed E-state index contributed by atoms with van der Waals surface area (Å²) < 4.78 is 25.5. The Hall–Kier alpha value is -5.38. The number of carboxylic acid groups (broad SMARTS) is 5. The average molecular weight is 596 g/mol. The van der Waals surface area contributed by atoms with Crippen molar-refractivity contribution < 1.29 is 63.1 Å². The normalized spacial score (nSPS) is 17.6. The fraction of sp³-hybridized carbons (Fsp3) is 0.231. The lowest BCUT2D eigenvalue weighted by atomic mass is 9.69. The number of benzene rings is 2. The fourth-order valence-electron chi connectivity index (χ4n) is 3.17. The Balaban J connectivity index is 0.000000320. The van der Waals surface area contributed by atoms with Gasteiger partial charge in [0.1, 0.15) is 23.2 Å². The van der Waals surface area contributed by atoms with Gasteiger partial charge in [-0.05, 0) is 44.0 Å². The van der Waals surface area contributed by atoms with Crippen molar-refractivity contribution in [2.45, 2.75) is 31.3 Å². The summed E-state index contributed by atoms with van der Waals surface area (Å²) in [6.45, 7) is 1.45. The molecular weight excluding hydrogens is 568 g/mol. The van der Waals surface area contributed by atoms with Gasteiger partial charge in [-0.1, -0.05) is 12.1 Å². The number of carboxylic acids is 5. The molecule has 16 heteroatoms.